The maximum atomic E-state index is 6.16. The molecule has 0 saturated carbocycles. The van der Waals surface area contributed by atoms with Gasteiger partial charge in [0.05, 0.1) is 11.2 Å². The summed E-state index contributed by atoms with van der Waals surface area (Å²) in [6.45, 7) is 2.09. The molecule has 0 bridgehead atoms. The summed E-state index contributed by atoms with van der Waals surface area (Å²) in [5.41, 5.74) is 10.0. The van der Waals surface area contributed by atoms with Crippen LogP contribution in [0, 0.1) is 0 Å². The van der Waals surface area contributed by atoms with Gasteiger partial charge in [0, 0.05) is 11.1 Å². The fourth-order valence-corrected chi connectivity index (χ4v) is 2.55. The van der Waals surface area contributed by atoms with Crippen LogP contribution in [0.3, 0.4) is 0 Å². The van der Waals surface area contributed by atoms with E-state index >= 15 is 0 Å². The van der Waals surface area contributed by atoms with E-state index in [1.165, 1.54) is 0 Å². The monoisotopic (exact) mass is 300 g/mol. The van der Waals surface area contributed by atoms with E-state index < -0.39 is 0 Å². The minimum absolute atomic E-state index is 0.125. The van der Waals surface area contributed by atoms with Gasteiger partial charge in [0.2, 0.25) is 0 Å². The molecule has 1 heterocycles. The summed E-state index contributed by atoms with van der Waals surface area (Å²) in [5, 5.41) is 9.15. The molecule has 0 aliphatic rings. The third kappa shape index (κ3) is 2.77. The molecule has 2 aromatic carbocycles. The fraction of sp³-hybridized carbons (Fsp3) is 0.250. The van der Waals surface area contributed by atoms with Crippen LogP contribution in [0.5, 0.6) is 0 Å². The van der Waals surface area contributed by atoms with Gasteiger partial charge >= 0.3 is 0 Å². The summed E-state index contributed by atoms with van der Waals surface area (Å²) in [7, 11) is 0. The van der Waals surface area contributed by atoms with Crippen molar-refractivity contribution in [2.24, 2.45) is 5.73 Å². The Bertz CT molecular complexity index is 766. The number of hydrogen-bond donors (Lipinski definition) is 1. The van der Waals surface area contributed by atoms with Crippen LogP contribution >= 0.6 is 11.6 Å². The lowest BCUT2D eigenvalue weighted by Gasteiger charge is -2.14. The van der Waals surface area contributed by atoms with Crippen LogP contribution in [-0.2, 0) is 6.42 Å². The van der Waals surface area contributed by atoms with E-state index in [0.717, 1.165) is 35.1 Å². The number of halogens is 1. The van der Waals surface area contributed by atoms with E-state index in [4.69, 9.17) is 17.3 Å². The molecule has 21 heavy (non-hydrogen) atoms. The molecule has 0 aliphatic heterocycles. The van der Waals surface area contributed by atoms with E-state index in [1.807, 2.05) is 47.1 Å². The Kier molecular flexibility index (Phi) is 3.90. The smallest absolute Gasteiger partial charge is 0.113 e. The lowest BCUT2D eigenvalue weighted by Crippen LogP contribution is -2.22. The number of aromatic nitrogens is 3. The van der Waals surface area contributed by atoms with Gasteiger partial charge in [-0.15, -0.1) is 5.10 Å². The molecular weight excluding hydrogens is 284 g/mol. The predicted octanol–water partition coefficient (Wildman–Crippen LogP) is 3.35. The van der Waals surface area contributed by atoms with E-state index in [2.05, 4.69) is 17.2 Å². The van der Waals surface area contributed by atoms with E-state index in [-0.39, 0.29) is 6.04 Å². The van der Waals surface area contributed by atoms with Crippen LogP contribution in [0.1, 0.15) is 18.9 Å². The van der Waals surface area contributed by atoms with Crippen molar-refractivity contribution in [3.63, 3.8) is 0 Å². The number of fused-ring (bicyclic) bond motifs is 1. The summed E-state index contributed by atoms with van der Waals surface area (Å²) in [5.74, 6) is 0. The first-order chi connectivity index (χ1) is 10.2. The van der Waals surface area contributed by atoms with Crippen molar-refractivity contribution in [2.75, 3.05) is 0 Å². The Morgan fingerprint density at radius 3 is 2.86 bits per heavy atom. The molecule has 5 heteroatoms. The number of rotatable bonds is 4. The van der Waals surface area contributed by atoms with Crippen LogP contribution in [0.2, 0.25) is 5.02 Å². The average Bonchev–Trinajstić information content (AvgIpc) is 2.92. The van der Waals surface area contributed by atoms with Gasteiger partial charge in [0.25, 0.3) is 0 Å². The Hall–Kier alpha value is -1.91. The van der Waals surface area contributed by atoms with Crippen molar-refractivity contribution in [3.05, 3.63) is 53.1 Å². The zero-order valence-electron chi connectivity index (χ0n) is 11.8. The highest BCUT2D eigenvalue weighted by atomic mass is 35.5. The number of nitrogens with zero attached hydrogens (tertiary/aromatic N) is 3. The van der Waals surface area contributed by atoms with Gasteiger partial charge in [-0.05, 0) is 42.7 Å². The lowest BCUT2D eigenvalue weighted by atomic mass is 10.0. The predicted molar refractivity (Wildman–Crippen MR) is 85.8 cm³/mol. The van der Waals surface area contributed by atoms with Crippen LogP contribution < -0.4 is 5.73 Å². The Morgan fingerprint density at radius 1 is 1.24 bits per heavy atom. The van der Waals surface area contributed by atoms with Crippen LogP contribution in [0.4, 0.5) is 0 Å². The van der Waals surface area contributed by atoms with Crippen LogP contribution in [0.15, 0.2) is 42.5 Å². The minimum Gasteiger partial charge on any atom is -0.327 e. The standard InChI is InChI=1S/C16H17ClN4/c1-2-13(18)9-11-7-8-12(17)10-16(11)21-15-6-4-3-5-14(15)19-20-21/h3-8,10,13H,2,9,18H2,1H3. The molecule has 0 saturated heterocycles. The van der Waals surface area contributed by atoms with Gasteiger partial charge in [-0.2, -0.15) is 0 Å². The van der Waals surface area contributed by atoms with Crippen molar-refractivity contribution >= 4 is 22.6 Å². The van der Waals surface area contributed by atoms with Crippen molar-refractivity contribution in [1.82, 2.24) is 15.0 Å². The quantitative estimate of drug-likeness (QED) is 0.804. The largest absolute Gasteiger partial charge is 0.327 e. The lowest BCUT2D eigenvalue weighted by molar-refractivity contribution is 0.642. The van der Waals surface area contributed by atoms with Gasteiger partial charge in [0.15, 0.2) is 0 Å². The molecule has 1 unspecified atom stereocenters. The number of nitrogens with two attached hydrogens (primary N) is 1. The molecule has 1 atom stereocenters. The molecule has 0 aliphatic carbocycles. The fourth-order valence-electron chi connectivity index (χ4n) is 2.38. The number of benzene rings is 2. The second-order valence-corrected chi connectivity index (χ2v) is 5.57. The Balaban J connectivity index is 2.14. The van der Waals surface area contributed by atoms with E-state index in [1.54, 1.807) is 0 Å². The van der Waals surface area contributed by atoms with Gasteiger partial charge in [-0.1, -0.05) is 41.9 Å². The van der Waals surface area contributed by atoms with Crippen molar-refractivity contribution < 1.29 is 0 Å². The molecule has 0 radical (unpaired) electrons. The topological polar surface area (TPSA) is 56.7 Å². The Labute approximate surface area is 128 Å². The Morgan fingerprint density at radius 2 is 2.05 bits per heavy atom. The van der Waals surface area contributed by atoms with Crippen molar-refractivity contribution in [2.45, 2.75) is 25.8 Å². The first-order valence-electron chi connectivity index (χ1n) is 7.04. The van der Waals surface area contributed by atoms with Gasteiger partial charge in [-0.25, -0.2) is 4.68 Å². The highest BCUT2D eigenvalue weighted by Gasteiger charge is 2.13. The third-order valence-corrected chi connectivity index (χ3v) is 3.87. The first-order valence-corrected chi connectivity index (χ1v) is 7.41. The summed E-state index contributed by atoms with van der Waals surface area (Å²) in [6.07, 6.45) is 1.72. The summed E-state index contributed by atoms with van der Waals surface area (Å²) < 4.78 is 1.83. The van der Waals surface area contributed by atoms with Crippen molar-refractivity contribution in [3.8, 4) is 5.69 Å². The van der Waals surface area contributed by atoms with E-state index in [9.17, 15) is 0 Å². The maximum Gasteiger partial charge on any atom is 0.113 e. The molecule has 0 spiro atoms. The molecule has 3 rings (SSSR count). The molecular formula is C16H17ClN4. The molecule has 0 fully saturated rings. The molecule has 0 amide bonds. The second-order valence-electron chi connectivity index (χ2n) is 5.14. The first kappa shape index (κ1) is 14.0. The number of para-hydroxylation sites is 1. The van der Waals surface area contributed by atoms with Crippen LogP contribution in [-0.4, -0.2) is 21.0 Å². The number of hydrogen-bond acceptors (Lipinski definition) is 3. The second kappa shape index (κ2) is 5.84. The SMILES string of the molecule is CCC(N)Cc1ccc(Cl)cc1-n1nnc2ccccc21. The van der Waals surface area contributed by atoms with Crippen LogP contribution in [0.25, 0.3) is 16.7 Å². The van der Waals surface area contributed by atoms with Gasteiger partial charge in [-0.3, -0.25) is 0 Å². The molecule has 1 aromatic heterocycles. The molecule has 4 nitrogen and oxygen atoms in total. The summed E-state index contributed by atoms with van der Waals surface area (Å²) in [6, 6.07) is 13.8. The average molecular weight is 301 g/mol. The summed E-state index contributed by atoms with van der Waals surface area (Å²) in [4.78, 5) is 0. The summed E-state index contributed by atoms with van der Waals surface area (Å²) >= 11 is 6.16. The minimum atomic E-state index is 0.125. The van der Waals surface area contributed by atoms with Gasteiger partial charge < -0.3 is 5.73 Å². The van der Waals surface area contributed by atoms with Crippen molar-refractivity contribution in [1.29, 1.82) is 0 Å². The van der Waals surface area contributed by atoms with E-state index in [0.29, 0.717) is 5.02 Å². The highest BCUT2D eigenvalue weighted by Crippen LogP contribution is 2.24. The van der Waals surface area contributed by atoms with Gasteiger partial charge in [0.1, 0.15) is 5.52 Å². The normalized spacial score (nSPS) is 12.7. The molecule has 3 aromatic rings. The third-order valence-electron chi connectivity index (χ3n) is 3.63. The molecule has 108 valence electrons. The maximum absolute atomic E-state index is 6.16. The highest BCUT2D eigenvalue weighted by molar-refractivity contribution is 6.30. The zero-order valence-corrected chi connectivity index (χ0v) is 12.6. The molecule has 2 N–H and O–H groups in total. The zero-order chi connectivity index (χ0) is 14.8.